The van der Waals surface area contributed by atoms with Crippen molar-refractivity contribution in [3.05, 3.63) is 78.4 Å². The maximum Gasteiger partial charge on any atom is 0.346 e. The Labute approximate surface area is 207 Å². The van der Waals surface area contributed by atoms with E-state index in [0.717, 1.165) is 0 Å². The van der Waals surface area contributed by atoms with Gasteiger partial charge < -0.3 is 24.3 Å². The molecule has 1 unspecified atom stereocenters. The van der Waals surface area contributed by atoms with Crippen LogP contribution in [0.2, 0.25) is 0 Å². The van der Waals surface area contributed by atoms with Crippen molar-refractivity contribution in [2.45, 2.75) is 6.58 Å². The number of aromatic amines is 1. The second-order valence-corrected chi connectivity index (χ2v) is 7.57. The number of aromatic nitrogens is 2. The Bertz CT molecular complexity index is 1840. The number of halogens is 3. The molecule has 0 fully saturated rings. The van der Waals surface area contributed by atoms with E-state index in [1.165, 1.54) is 5.38 Å². The number of nitrogens with zero attached hydrogens (tertiary/aromatic N) is 1. The van der Waals surface area contributed by atoms with Crippen LogP contribution in [-0.2, 0) is 6.58 Å². The van der Waals surface area contributed by atoms with E-state index in [1.807, 2.05) is 0 Å². The Kier molecular flexibility index (Phi) is 4.29. The van der Waals surface area contributed by atoms with Crippen LogP contribution in [0.1, 0.15) is 24.8 Å². The smallest absolute Gasteiger partial charge is 0.346 e. The molecule has 2 aromatic heterocycles. The van der Waals surface area contributed by atoms with E-state index >= 15 is 4.39 Å². The number of carboxylic acid groups (broad SMARTS) is 1. The largest absolute Gasteiger partial charge is 0.496 e. The number of fused-ring (bicyclic) bond motifs is 1. The summed E-state index contributed by atoms with van der Waals surface area (Å²) in [4.78, 5) is 39.2. The number of hydrogen-bond donors (Lipinski definition) is 2. The van der Waals surface area contributed by atoms with Crippen molar-refractivity contribution in [2.75, 3.05) is 14.1 Å². The highest BCUT2D eigenvalue weighted by atomic mass is 32.1. The molecule has 2 N–H and O–H groups in total. The molecule has 1 atom stereocenters. The maximum atomic E-state index is 15.3. The van der Waals surface area contributed by atoms with Crippen LogP contribution in [0, 0.1) is 17.5 Å². The first-order chi connectivity index (χ1) is 19.4. The van der Waals surface area contributed by atoms with Gasteiger partial charge in [-0.05, 0) is 12.1 Å². The zero-order valence-electron chi connectivity index (χ0n) is 23.9. The molecule has 4 rings (SSSR count). The van der Waals surface area contributed by atoms with Gasteiger partial charge in [-0.1, -0.05) is 0 Å². The topological polar surface area (TPSA) is 120 Å². The highest BCUT2D eigenvalue weighted by Gasteiger charge is 2.23. The van der Waals surface area contributed by atoms with Crippen LogP contribution >= 0.6 is 11.3 Å². The molecule has 9 nitrogen and oxygen atoms in total. The van der Waals surface area contributed by atoms with Crippen molar-refractivity contribution in [2.24, 2.45) is 0 Å². The number of rotatable bonds is 7. The van der Waals surface area contributed by atoms with Gasteiger partial charge in [0.1, 0.15) is 17.2 Å². The molecule has 0 aliphatic rings. The zero-order chi connectivity index (χ0) is 31.3. The number of methoxy groups -OCH3 is 2. The first-order valence-electron chi connectivity index (χ1n) is 12.7. The minimum atomic E-state index is -3.26. The second kappa shape index (κ2) is 9.18. The van der Waals surface area contributed by atoms with E-state index in [0.29, 0.717) is 35.6 Å². The van der Waals surface area contributed by atoms with Gasteiger partial charge in [0.2, 0.25) is 0 Å². The van der Waals surface area contributed by atoms with Crippen LogP contribution in [-0.4, -0.2) is 34.7 Å². The lowest BCUT2D eigenvalue weighted by Crippen LogP contribution is -2.34. The Morgan fingerprint density at radius 3 is 2.60 bits per heavy atom. The summed E-state index contributed by atoms with van der Waals surface area (Å²) in [6.07, 6.45) is 0. The average Bonchev–Trinajstić information content (AvgIpc) is 3.26. The number of ether oxygens (including phenoxy) is 3. The van der Waals surface area contributed by atoms with Crippen LogP contribution in [0.4, 0.5) is 13.2 Å². The third-order valence-corrected chi connectivity index (χ3v) is 5.69. The highest BCUT2D eigenvalue weighted by Crippen LogP contribution is 2.33. The van der Waals surface area contributed by atoms with E-state index < -0.39 is 94.1 Å². The highest BCUT2D eigenvalue weighted by molar-refractivity contribution is 7.13. The number of thiophene rings is 1. The second-order valence-electron chi connectivity index (χ2n) is 6.69. The summed E-state index contributed by atoms with van der Waals surface area (Å²) in [7, 11) is -6.45. The summed E-state index contributed by atoms with van der Waals surface area (Å²) in [5.74, 6) is -9.00. The molecule has 182 valence electrons. The molecule has 13 heteroatoms. The Morgan fingerprint density at radius 1 is 1.14 bits per heavy atom. The fraction of sp³-hybridized carbons (Fsp3) is 0.136. The standard InChI is InChI=1S/C22H15F3N2O7S/c1-32-14-4-3-10(23)18(25)9(14)7-34-16-6-13(11(24)5-15(16)33-2)27-20(28)17-12(26-22(27)31)8-35-19(17)21(29)30/h3-6,8H,7H2,1-2H3,(H,26,31)(H,29,30)/i1D3,2D3,7D. The molecular weight excluding hydrogens is 493 g/mol. The molecule has 4 aromatic rings. The SMILES string of the molecule is [2H]C(Oc1cc(-n2c(=O)[nH]c3csc(C(=O)O)c3c2=O)c(F)cc1OC([2H])([2H])[2H])c1c(OC([2H])([2H])[2H])ccc(F)c1F. The minimum Gasteiger partial charge on any atom is -0.496 e. The van der Waals surface area contributed by atoms with Gasteiger partial charge in [0.05, 0.1) is 45.8 Å². The van der Waals surface area contributed by atoms with Crippen LogP contribution < -0.4 is 25.5 Å². The monoisotopic (exact) mass is 515 g/mol. The number of carboxylic acids is 1. The molecule has 2 heterocycles. The van der Waals surface area contributed by atoms with E-state index in [2.05, 4.69) is 14.5 Å². The Morgan fingerprint density at radius 2 is 1.89 bits per heavy atom. The summed E-state index contributed by atoms with van der Waals surface area (Å²) in [6, 6.07) is 2.08. The number of aromatic carboxylic acids is 1. The van der Waals surface area contributed by atoms with Crippen molar-refractivity contribution < 1.29 is 46.9 Å². The number of H-pyrrole nitrogens is 1. The molecule has 0 saturated carbocycles. The maximum absolute atomic E-state index is 15.3. The van der Waals surface area contributed by atoms with Gasteiger partial charge in [-0.15, -0.1) is 11.3 Å². The van der Waals surface area contributed by atoms with Crippen molar-refractivity contribution in [1.82, 2.24) is 9.55 Å². The third kappa shape index (κ3) is 4.10. The van der Waals surface area contributed by atoms with Gasteiger partial charge in [0, 0.05) is 17.5 Å². The summed E-state index contributed by atoms with van der Waals surface area (Å²) < 4.78 is 111. The average molecular weight is 515 g/mol. The Hall–Kier alpha value is -4.26. The van der Waals surface area contributed by atoms with E-state index in [-0.39, 0.29) is 10.1 Å². The fourth-order valence-corrected chi connectivity index (χ4v) is 3.98. The Balaban J connectivity index is 1.93. The number of hydrogen-bond acceptors (Lipinski definition) is 7. The first kappa shape index (κ1) is 16.4. The predicted molar refractivity (Wildman–Crippen MR) is 119 cm³/mol. The molecule has 35 heavy (non-hydrogen) atoms. The zero-order valence-corrected chi connectivity index (χ0v) is 17.7. The summed E-state index contributed by atoms with van der Waals surface area (Å²) in [5.41, 5.74) is -4.77. The summed E-state index contributed by atoms with van der Waals surface area (Å²) >= 11 is 0.601. The fourth-order valence-electron chi connectivity index (χ4n) is 3.15. The van der Waals surface area contributed by atoms with Crippen molar-refractivity contribution >= 4 is 28.2 Å². The van der Waals surface area contributed by atoms with E-state index in [4.69, 9.17) is 14.3 Å². The molecule has 0 spiro atoms. The van der Waals surface area contributed by atoms with Gasteiger partial charge in [0.25, 0.3) is 5.56 Å². The van der Waals surface area contributed by atoms with Gasteiger partial charge in [-0.3, -0.25) is 4.79 Å². The van der Waals surface area contributed by atoms with Gasteiger partial charge in [-0.25, -0.2) is 27.3 Å². The number of benzene rings is 2. The predicted octanol–water partition coefficient (Wildman–Crippen LogP) is 3.45. The van der Waals surface area contributed by atoms with E-state index in [9.17, 15) is 28.3 Å². The lowest BCUT2D eigenvalue weighted by atomic mass is 10.2. The van der Waals surface area contributed by atoms with Gasteiger partial charge in [-0.2, -0.15) is 0 Å². The molecule has 0 radical (unpaired) electrons. The summed E-state index contributed by atoms with van der Waals surface area (Å²) in [5, 5.41) is 10.1. The molecule has 2 aromatic carbocycles. The molecular formula is C22H15F3N2O7S. The molecule has 0 saturated heterocycles. The molecule has 0 amide bonds. The quantitative estimate of drug-likeness (QED) is 0.387. The van der Waals surface area contributed by atoms with Crippen LogP contribution in [0.25, 0.3) is 16.6 Å². The normalized spacial score (nSPS) is 15.6. The van der Waals surface area contributed by atoms with Gasteiger partial charge in [0.15, 0.2) is 29.0 Å². The van der Waals surface area contributed by atoms with Crippen molar-refractivity contribution in [3.63, 3.8) is 0 Å². The van der Waals surface area contributed by atoms with Crippen LogP contribution in [0.5, 0.6) is 17.2 Å². The van der Waals surface area contributed by atoms with Crippen molar-refractivity contribution in [1.29, 1.82) is 0 Å². The van der Waals surface area contributed by atoms with Crippen LogP contribution in [0.15, 0.2) is 39.2 Å². The number of nitrogens with one attached hydrogen (secondary N) is 1. The molecule has 0 aliphatic carbocycles. The minimum absolute atomic E-state index is 0.160. The van der Waals surface area contributed by atoms with Crippen molar-refractivity contribution in [3.8, 4) is 22.9 Å². The summed E-state index contributed by atoms with van der Waals surface area (Å²) in [6.45, 7) is -2.43. The lowest BCUT2D eigenvalue weighted by molar-refractivity contribution is 0.0704. The van der Waals surface area contributed by atoms with Crippen LogP contribution in [0.3, 0.4) is 0 Å². The van der Waals surface area contributed by atoms with E-state index in [1.54, 1.807) is 0 Å². The third-order valence-electron chi connectivity index (χ3n) is 4.72. The first-order valence-corrected chi connectivity index (χ1v) is 10.0. The lowest BCUT2D eigenvalue weighted by Gasteiger charge is -2.16. The number of carbonyl (C=O) groups is 1. The molecule has 0 aliphatic heterocycles. The van der Waals surface area contributed by atoms with Gasteiger partial charge >= 0.3 is 11.7 Å². The molecule has 0 bridgehead atoms.